The monoisotopic (exact) mass is 210 g/mol. The van der Waals surface area contributed by atoms with Crippen LogP contribution in [0.2, 0.25) is 0 Å². The van der Waals surface area contributed by atoms with Gasteiger partial charge in [-0.1, -0.05) is 19.3 Å². The van der Waals surface area contributed by atoms with E-state index >= 15 is 0 Å². The van der Waals surface area contributed by atoms with Gasteiger partial charge in [0.2, 0.25) is 0 Å². The van der Waals surface area contributed by atoms with Crippen molar-refractivity contribution in [2.75, 3.05) is 13.1 Å². The van der Waals surface area contributed by atoms with Crippen molar-refractivity contribution in [3.05, 3.63) is 0 Å². The van der Waals surface area contributed by atoms with Crippen LogP contribution >= 0.6 is 0 Å². The van der Waals surface area contributed by atoms with E-state index in [2.05, 4.69) is 11.8 Å². The van der Waals surface area contributed by atoms with E-state index in [0.29, 0.717) is 6.04 Å². The molecule has 2 unspecified atom stereocenters. The summed E-state index contributed by atoms with van der Waals surface area (Å²) in [6.45, 7) is 4.84. The highest BCUT2D eigenvalue weighted by Crippen LogP contribution is 2.29. The summed E-state index contributed by atoms with van der Waals surface area (Å²) < 4.78 is 0. The third-order valence-corrected chi connectivity index (χ3v) is 4.40. The first-order valence-corrected chi connectivity index (χ1v) is 6.77. The molecular weight excluding hydrogens is 184 g/mol. The van der Waals surface area contributed by atoms with Crippen molar-refractivity contribution in [1.29, 1.82) is 0 Å². The normalized spacial score (nSPS) is 32.8. The molecule has 0 spiro atoms. The first-order valence-electron chi connectivity index (χ1n) is 6.77. The molecule has 0 amide bonds. The smallest absolute Gasteiger partial charge is 0.0168 e. The molecule has 2 fully saturated rings. The van der Waals surface area contributed by atoms with Crippen LogP contribution in [0, 0.1) is 5.92 Å². The average molecular weight is 210 g/mol. The molecule has 1 aliphatic carbocycles. The Bertz CT molecular complexity index is 187. The highest BCUT2D eigenvalue weighted by molar-refractivity contribution is 4.83. The SMILES string of the molecule is CC(C1CCCCC1)N1CCCC(N)C1. The quantitative estimate of drug-likeness (QED) is 0.758. The minimum Gasteiger partial charge on any atom is -0.327 e. The third kappa shape index (κ3) is 2.94. The summed E-state index contributed by atoms with van der Waals surface area (Å²) in [5.74, 6) is 0.948. The van der Waals surface area contributed by atoms with Gasteiger partial charge in [0.1, 0.15) is 0 Å². The second-order valence-corrected chi connectivity index (χ2v) is 5.54. The Balaban J connectivity index is 1.85. The molecule has 0 aromatic rings. The van der Waals surface area contributed by atoms with Crippen LogP contribution in [0.3, 0.4) is 0 Å². The van der Waals surface area contributed by atoms with E-state index in [0.717, 1.165) is 18.5 Å². The van der Waals surface area contributed by atoms with Gasteiger partial charge in [-0.05, 0) is 45.1 Å². The standard InChI is InChI=1S/C13H26N2/c1-11(12-6-3-2-4-7-12)15-9-5-8-13(14)10-15/h11-13H,2-10,14H2,1H3. The summed E-state index contributed by atoms with van der Waals surface area (Å²) in [4.78, 5) is 2.64. The fourth-order valence-corrected chi connectivity index (χ4v) is 3.32. The molecule has 1 saturated carbocycles. The minimum absolute atomic E-state index is 0.435. The number of nitrogens with two attached hydrogens (primary N) is 1. The third-order valence-electron chi connectivity index (χ3n) is 4.40. The zero-order valence-corrected chi connectivity index (χ0v) is 10.1. The summed E-state index contributed by atoms with van der Waals surface area (Å²) >= 11 is 0. The number of hydrogen-bond donors (Lipinski definition) is 1. The Kier molecular flexibility index (Phi) is 4.04. The second-order valence-electron chi connectivity index (χ2n) is 5.54. The summed E-state index contributed by atoms with van der Waals surface area (Å²) in [6, 6.07) is 1.21. The fourth-order valence-electron chi connectivity index (χ4n) is 3.32. The fraction of sp³-hybridized carbons (Fsp3) is 1.00. The molecule has 2 atom stereocenters. The lowest BCUT2D eigenvalue weighted by atomic mass is 9.83. The van der Waals surface area contributed by atoms with Crippen molar-refractivity contribution in [2.24, 2.45) is 11.7 Å². The van der Waals surface area contributed by atoms with Gasteiger partial charge in [0.15, 0.2) is 0 Å². The molecule has 2 aliphatic rings. The number of rotatable bonds is 2. The van der Waals surface area contributed by atoms with E-state index in [1.54, 1.807) is 0 Å². The second kappa shape index (κ2) is 5.31. The Morgan fingerprint density at radius 1 is 1.07 bits per heavy atom. The van der Waals surface area contributed by atoms with E-state index in [1.807, 2.05) is 0 Å². The Hall–Kier alpha value is -0.0800. The molecule has 15 heavy (non-hydrogen) atoms. The number of likely N-dealkylation sites (tertiary alicyclic amines) is 1. The number of piperidine rings is 1. The first-order chi connectivity index (χ1) is 7.27. The number of hydrogen-bond acceptors (Lipinski definition) is 2. The number of nitrogens with zero attached hydrogens (tertiary/aromatic N) is 1. The zero-order chi connectivity index (χ0) is 10.7. The molecule has 88 valence electrons. The van der Waals surface area contributed by atoms with Crippen molar-refractivity contribution < 1.29 is 0 Å². The van der Waals surface area contributed by atoms with Gasteiger partial charge in [0.05, 0.1) is 0 Å². The Morgan fingerprint density at radius 2 is 1.80 bits per heavy atom. The molecule has 2 N–H and O–H groups in total. The van der Waals surface area contributed by atoms with Gasteiger partial charge in [-0.25, -0.2) is 0 Å². The summed E-state index contributed by atoms with van der Waals surface area (Å²) in [5, 5.41) is 0. The summed E-state index contributed by atoms with van der Waals surface area (Å²) in [5.41, 5.74) is 6.05. The highest BCUT2D eigenvalue weighted by Gasteiger charge is 2.27. The van der Waals surface area contributed by atoms with Gasteiger partial charge in [0, 0.05) is 18.6 Å². The van der Waals surface area contributed by atoms with Crippen LogP contribution in [0.25, 0.3) is 0 Å². The van der Waals surface area contributed by atoms with Gasteiger partial charge in [-0.15, -0.1) is 0 Å². The molecule has 0 bridgehead atoms. The lowest BCUT2D eigenvalue weighted by molar-refractivity contribution is 0.1000. The maximum Gasteiger partial charge on any atom is 0.0168 e. The maximum atomic E-state index is 6.05. The highest BCUT2D eigenvalue weighted by atomic mass is 15.2. The van der Waals surface area contributed by atoms with Crippen molar-refractivity contribution in [2.45, 2.75) is 64.0 Å². The zero-order valence-electron chi connectivity index (χ0n) is 10.1. The van der Waals surface area contributed by atoms with Crippen LogP contribution in [0.4, 0.5) is 0 Å². The Labute approximate surface area is 94.2 Å². The summed E-state index contributed by atoms with van der Waals surface area (Å²) in [7, 11) is 0. The van der Waals surface area contributed by atoms with Crippen LogP contribution in [0.1, 0.15) is 51.9 Å². The molecule has 0 aromatic heterocycles. The lowest BCUT2D eigenvalue weighted by Crippen LogP contribution is -2.49. The predicted octanol–water partition coefficient (Wildman–Crippen LogP) is 2.38. The largest absolute Gasteiger partial charge is 0.327 e. The van der Waals surface area contributed by atoms with Gasteiger partial charge in [0.25, 0.3) is 0 Å². The van der Waals surface area contributed by atoms with E-state index in [-0.39, 0.29) is 0 Å². The van der Waals surface area contributed by atoms with Gasteiger partial charge in [-0.2, -0.15) is 0 Å². The van der Waals surface area contributed by atoms with Crippen LogP contribution in [-0.4, -0.2) is 30.1 Å². The van der Waals surface area contributed by atoms with Crippen LogP contribution in [0.15, 0.2) is 0 Å². The first kappa shape index (κ1) is 11.4. The van der Waals surface area contributed by atoms with E-state index < -0.39 is 0 Å². The molecular formula is C13H26N2. The van der Waals surface area contributed by atoms with Crippen molar-refractivity contribution in [3.63, 3.8) is 0 Å². The van der Waals surface area contributed by atoms with Crippen LogP contribution in [0.5, 0.6) is 0 Å². The van der Waals surface area contributed by atoms with Crippen molar-refractivity contribution in [1.82, 2.24) is 4.90 Å². The minimum atomic E-state index is 0.435. The maximum absolute atomic E-state index is 6.05. The van der Waals surface area contributed by atoms with E-state index in [4.69, 9.17) is 5.73 Å². The summed E-state index contributed by atoms with van der Waals surface area (Å²) in [6.07, 6.45) is 9.80. The molecule has 1 heterocycles. The molecule has 2 nitrogen and oxygen atoms in total. The van der Waals surface area contributed by atoms with Gasteiger partial charge < -0.3 is 5.73 Å². The van der Waals surface area contributed by atoms with E-state index in [1.165, 1.54) is 51.5 Å². The van der Waals surface area contributed by atoms with E-state index in [9.17, 15) is 0 Å². The molecule has 0 aromatic carbocycles. The van der Waals surface area contributed by atoms with Crippen molar-refractivity contribution >= 4 is 0 Å². The molecule has 1 saturated heterocycles. The van der Waals surface area contributed by atoms with Gasteiger partial charge >= 0.3 is 0 Å². The Morgan fingerprint density at radius 3 is 2.47 bits per heavy atom. The van der Waals surface area contributed by atoms with Gasteiger partial charge in [-0.3, -0.25) is 4.90 Å². The molecule has 2 rings (SSSR count). The average Bonchev–Trinajstić information content (AvgIpc) is 2.29. The molecule has 1 aliphatic heterocycles. The predicted molar refractivity (Wildman–Crippen MR) is 64.8 cm³/mol. The topological polar surface area (TPSA) is 29.3 Å². The van der Waals surface area contributed by atoms with Crippen LogP contribution < -0.4 is 5.73 Å². The van der Waals surface area contributed by atoms with Crippen molar-refractivity contribution in [3.8, 4) is 0 Å². The molecule has 0 radical (unpaired) electrons. The van der Waals surface area contributed by atoms with Crippen LogP contribution in [-0.2, 0) is 0 Å². The molecule has 2 heteroatoms. The lowest BCUT2D eigenvalue weighted by Gasteiger charge is -2.40.